The van der Waals surface area contributed by atoms with E-state index in [0.29, 0.717) is 12.4 Å². The Morgan fingerprint density at radius 3 is 2.52 bits per heavy atom. The lowest BCUT2D eigenvalue weighted by Gasteiger charge is -2.26. The van der Waals surface area contributed by atoms with E-state index >= 15 is 0 Å². The number of fused-ring (bicyclic) bond motifs is 1. The summed E-state index contributed by atoms with van der Waals surface area (Å²) in [6.45, 7) is 2.38. The van der Waals surface area contributed by atoms with Gasteiger partial charge in [-0.15, -0.1) is 0 Å². The van der Waals surface area contributed by atoms with Crippen LogP contribution in [0.4, 0.5) is 0 Å². The number of nitrogens with one attached hydrogen (secondary N) is 1. The van der Waals surface area contributed by atoms with Crippen LogP contribution in [-0.4, -0.2) is 43.7 Å². The highest BCUT2D eigenvalue weighted by Crippen LogP contribution is 2.46. The first-order valence-electron chi connectivity index (χ1n) is 9.86. The number of nitrogens with two attached hydrogens (primary N) is 2. The summed E-state index contributed by atoms with van der Waals surface area (Å²) in [5, 5.41) is 3.34. The second kappa shape index (κ2) is 8.23. The molecule has 0 bridgehead atoms. The molecule has 4 rings (SSSR count). The quantitative estimate of drug-likeness (QED) is 0.686. The molecule has 2 amide bonds. The van der Waals surface area contributed by atoms with Gasteiger partial charge in [0, 0.05) is 30.1 Å². The third-order valence-electron chi connectivity index (χ3n) is 5.58. The minimum Gasteiger partial charge on any atom is -0.488 e. The van der Waals surface area contributed by atoms with Gasteiger partial charge < -0.3 is 26.3 Å². The van der Waals surface area contributed by atoms with Gasteiger partial charge in [-0.25, -0.2) is 0 Å². The van der Waals surface area contributed by atoms with Crippen molar-refractivity contribution in [1.82, 2.24) is 5.32 Å². The number of rotatable bonds is 6. The second-order valence-corrected chi connectivity index (χ2v) is 7.49. The summed E-state index contributed by atoms with van der Waals surface area (Å²) >= 11 is 0. The topological polar surface area (TPSA) is 117 Å². The first kappa shape index (κ1) is 19.4. The average Bonchev–Trinajstić information content (AvgIpc) is 3.11. The fraction of sp³-hybridized carbons (Fsp3) is 0.364. The molecular formula is C22H25N3O4. The van der Waals surface area contributed by atoms with Gasteiger partial charge in [-0.1, -0.05) is 30.3 Å². The lowest BCUT2D eigenvalue weighted by Crippen LogP contribution is -2.39. The standard InChI is InChI=1S/C22H25N3O4/c23-21(26)14-10-16-19(13-4-2-1-3-5-13)18(7-6-15-12-25-8-9-28-15)29-20(16)17(11-14)22(24)27/h1-5,10-11,15,18-19,25H,6-9,12H2,(H2,23,26)(H2,24,27). The molecule has 0 aromatic heterocycles. The number of benzene rings is 2. The van der Waals surface area contributed by atoms with Gasteiger partial charge >= 0.3 is 0 Å². The zero-order chi connectivity index (χ0) is 20.4. The summed E-state index contributed by atoms with van der Waals surface area (Å²) in [4.78, 5) is 23.9. The molecular weight excluding hydrogens is 370 g/mol. The Labute approximate surface area is 169 Å². The molecule has 1 saturated heterocycles. The predicted molar refractivity (Wildman–Crippen MR) is 108 cm³/mol. The third kappa shape index (κ3) is 3.97. The van der Waals surface area contributed by atoms with Crippen LogP contribution in [0.1, 0.15) is 50.6 Å². The van der Waals surface area contributed by atoms with Gasteiger partial charge in [0.25, 0.3) is 5.91 Å². The summed E-state index contributed by atoms with van der Waals surface area (Å²) in [6.07, 6.45) is 1.50. The van der Waals surface area contributed by atoms with Crippen LogP contribution in [0, 0.1) is 0 Å². The van der Waals surface area contributed by atoms with Gasteiger partial charge in [-0.2, -0.15) is 0 Å². The summed E-state index contributed by atoms with van der Waals surface area (Å²) < 4.78 is 12.1. The first-order chi connectivity index (χ1) is 14.0. The molecule has 2 aliphatic heterocycles. The second-order valence-electron chi connectivity index (χ2n) is 7.49. The molecule has 5 N–H and O–H groups in total. The number of primary amides is 2. The third-order valence-corrected chi connectivity index (χ3v) is 5.58. The molecule has 3 atom stereocenters. The molecule has 152 valence electrons. The van der Waals surface area contributed by atoms with Crippen LogP contribution < -0.4 is 21.5 Å². The number of carbonyl (C=O) groups excluding carboxylic acids is 2. The van der Waals surface area contributed by atoms with Crippen LogP contribution in [0.5, 0.6) is 5.75 Å². The number of ether oxygens (including phenoxy) is 2. The Balaban J connectivity index is 1.71. The Kier molecular flexibility index (Phi) is 5.51. The number of hydrogen-bond acceptors (Lipinski definition) is 5. The maximum Gasteiger partial charge on any atom is 0.252 e. The molecule has 0 aliphatic carbocycles. The van der Waals surface area contributed by atoms with Crippen LogP contribution in [0.3, 0.4) is 0 Å². The molecule has 0 radical (unpaired) electrons. The van der Waals surface area contributed by atoms with Crippen LogP contribution in [0.15, 0.2) is 42.5 Å². The maximum absolute atomic E-state index is 12.1. The highest BCUT2D eigenvalue weighted by atomic mass is 16.5. The summed E-state index contributed by atoms with van der Waals surface area (Å²) in [6, 6.07) is 13.1. The number of morpholine rings is 1. The Morgan fingerprint density at radius 2 is 1.86 bits per heavy atom. The van der Waals surface area contributed by atoms with E-state index in [1.165, 1.54) is 6.07 Å². The molecule has 0 spiro atoms. The largest absolute Gasteiger partial charge is 0.488 e. The number of amides is 2. The fourth-order valence-corrected chi connectivity index (χ4v) is 4.19. The average molecular weight is 395 g/mol. The van der Waals surface area contributed by atoms with E-state index in [2.05, 4.69) is 5.32 Å². The van der Waals surface area contributed by atoms with Crippen LogP contribution in [0.25, 0.3) is 0 Å². The zero-order valence-electron chi connectivity index (χ0n) is 16.1. The summed E-state index contributed by atoms with van der Waals surface area (Å²) in [7, 11) is 0. The number of hydrogen-bond donors (Lipinski definition) is 3. The molecule has 2 aromatic carbocycles. The van der Waals surface area contributed by atoms with Gasteiger partial charge in [0.2, 0.25) is 5.91 Å². The lowest BCUT2D eigenvalue weighted by molar-refractivity contribution is 0.0160. The monoisotopic (exact) mass is 395 g/mol. The molecule has 7 heteroatoms. The van der Waals surface area contributed by atoms with Crippen LogP contribution >= 0.6 is 0 Å². The lowest BCUT2D eigenvalue weighted by atomic mass is 9.84. The van der Waals surface area contributed by atoms with E-state index in [4.69, 9.17) is 20.9 Å². The van der Waals surface area contributed by atoms with Gasteiger partial charge in [0.05, 0.1) is 18.3 Å². The van der Waals surface area contributed by atoms with Gasteiger partial charge in [0.1, 0.15) is 11.9 Å². The molecule has 29 heavy (non-hydrogen) atoms. The fourth-order valence-electron chi connectivity index (χ4n) is 4.19. The van der Waals surface area contributed by atoms with Crippen molar-refractivity contribution in [3.63, 3.8) is 0 Å². The predicted octanol–water partition coefficient (Wildman–Crippen LogP) is 1.55. The van der Waals surface area contributed by atoms with E-state index in [0.717, 1.165) is 37.1 Å². The van der Waals surface area contributed by atoms with E-state index in [1.807, 2.05) is 30.3 Å². The molecule has 0 saturated carbocycles. The van der Waals surface area contributed by atoms with Crippen molar-refractivity contribution in [2.45, 2.75) is 31.0 Å². The first-order valence-corrected chi connectivity index (χ1v) is 9.86. The van der Waals surface area contributed by atoms with E-state index in [9.17, 15) is 9.59 Å². The molecule has 1 fully saturated rings. The van der Waals surface area contributed by atoms with Crippen molar-refractivity contribution in [3.8, 4) is 5.75 Å². The molecule has 7 nitrogen and oxygen atoms in total. The van der Waals surface area contributed by atoms with Crippen molar-refractivity contribution < 1.29 is 19.1 Å². The Morgan fingerprint density at radius 1 is 1.07 bits per heavy atom. The molecule has 2 aromatic rings. The van der Waals surface area contributed by atoms with Crippen molar-refractivity contribution in [1.29, 1.82) is 0 Å². The van der Waals surface area contributed by atoms with Crippen LogP contribution in [-0.2, 0) is 4.74 Å². The highest BCUT2D eigenvalue weighted by Gasteiger charge is 2.38. The van der Waals surface area contributed by atoms with E-state index in [-0.39, 0.29) is 29.3 Å². The normalized spacial score (nSPS) is 23.2. The SMILES string of the molecule is NC(=O)c1cc(C(N)=O)c2c(c1)C(c1ccccc1)C(CCC1CNCCO1)O2. The van der Waals surface area contributed by atoms with E-state index in [1.54, 1.807) is 6.07 Å². The van der Waals surface area contributed by atoms with Crippen molar-refractivity contribution in [3.05, 3.63) is 64.7 Å². The van der Waals surface area contributed by atoms with Crippen molar-refractivity contribution >= 4 is 11.8 Å². The van der Waals surface area contributed by atoms with Gasteiger partial charge in [-0.3, -0.25) is 9.59 Å². The van der Waals surface area contributed by atoms with Crippen molar-refractivity contribution in [2.24, 2.45) is 11.5 Å². The van der Waals surface area contributed by atoms with Gasteiger partial charge in [0.15, 0.2) is 0 Å². The smallest absolute Gasteiger partial charge is 0.252 e. The Bertz CT molecular complexity index is 910. The number of carbonyl (C=O) groups is 2. The molecule has 2 aliphatic rings. The maximum atomic E-state index is 12.1. The zero-order valence-corrected chi connectivity index (χ0v) is 16.1. The van der Waals surface area contributed by atoms with Gasteiger partial charge in [-0.05, 0) is 30.5 Å². The van der Waals surface area contributed by atoms with Crippen LogP contribution in [0.2, 0.25) is 0 Å². The van der Waals surface area contributed by atoms with Crippen molar-refractivity contribution in [2.75, 3.05) is 19.7 Å². The summed E-state index contributed by atoms with van der Waals surface area (Å²) in [5.74, 6) is -0.923. The summed E-state index contributed by atoms with van der Waals surface area (Å²) in [5.41, 5.74) is 13.3. The minimum absolute atomic E-state index is 0.125. The Hall–Kier alpha value is -2.90. The van der Waals surface area contributed by atoms with E-state index < -0.39 is 11.8 Å². The minimum atomic E-state index is -0.642. The highest BCUT2D eigenvalue weighted by molar-refractivity contribution is 6.01. The molecule has 3 unspecified atom stereocenters. The molecule has 2 heterocycles.